The molecule has 130 valence electrons. The minimum Gasteiger partial charge on any atom is -0.393 e. The second kappa shape index (κ2) is 7.90. The van der Waals surface area contributed by atoms with Crippen molar-refractivity contribution in [2.75, 3.05) is 6.61 Å². The zero-order valence-electron chi connectivity index (χ0n) is 13.0. The van der Waals surface area contributed by atoms with E-state index in [0.717, 1.165) is 10.6 Å². The van der Waals surface area contributed by atoms with E-state index >= 15 is 0 Å². The summed E-state index contributed by atoms with van der Waals surface area (Å²) in [5.74, 6) is -0.442. The number of aliphatic hydroxyl groups excluding tert-OH is 1. The Morgan fingerprint density at radius 1 is 1.28 bits per heavy atom. The van der Waals surface area contributed by atoms with E-state index < -0.39 is 18.7 Å². The number of nitrogens with zero attached hydrogens (tertiary/aromatic N) is 5. The van der Waals surface area contributed by atoms with Crippen molar-refractivity contribution in [3.8, 4) is 10.6 Å². The number of carbonyl (C=O) groups is 1. The molecule has 2 heterocycles. The number of benzene rings is 1. The molecule has 8 nitrogen and oxygen atoms in total. The highest BCUT2D eigenvalue weighted by molar-refractivity contribution is 7.14. The monoisotopic (exact) mass is 362 g/mol. The van der Waals surface area contributed by atoms with Gasteiger partial charge in [0.15, 0.2) is 5.69 Å². The summed E-state index contributed by atoms with van der Waals surface area (Å²) < 4.78 is 14.3. The highest BCUT2D eigenvalue weighted by Gasteiger charge is 2.14. The van der Waals surface area contributed by atoms with Gasteiger partial charge in [-0.2, -0.15) is 0 Å². The Hall–Kier alpha value is -2.72. The second-order valence-electron chi connectivity index (χ2n) is 5.16. The molecule has 3 rings (SSSR count). The molecule has 1 aromatic carbocycles. The number of hydrogen-bond donors (Lipinski definition) is 2. The summed E-state index contributed by atoms with van der Waals surface area (Å²) in [6.45, 7) is -0.561. The van der Waals surface area contributed by atoms with E-state index in [0.29, 0.717) is 5.01 Å². The Kier molecular flexibility index (Phi) is 5.41. The number of halogens is 1. The Morgan fingerprint density at radius 2 is 2.08 bits per heavy atom. The lowest BCUT2D eigenvalue weighted by Crippen LogP contribution is -2.23. The van der Waals surface area contributed by atoms with E-state index in [2.05, 4.69) is 25.8 Å². The van der Waals surface area contributed by atoms with Gasteiger partial charge in [0.05, 0.1) is 25.9 Å². The molecule has 0 spiro atoms. The van der Waals surface area contributed by atoms with Crippen LogP contribution in [0.25, 0.3) is 10.6 Å². The van der Waals surface area contributed by atoms with E-state index in [-0.39, 0.29) is 18.8 Å². The lowest BCUT2D eigenvalue weighted by atomic mass is 10.2. The molecule has 1 atom stereocenters. The number of nitrogens with one attached hydrogen (secondary N) is 1. The van der Waals surface area contributed by atoms with Gasteiger partial charge in [0.1, 0.15) is 16.2 Å². The van der Waals surface area contributed by atoms with Crippen LogP contribution in [0, 0.1) is 0 Å². The smallest absolute Gasteiger partial charge is 0.273 e. The summed E-state index contributed by atoms with van der Waals surface area (Å²) in [5, 5.41) is 28.3. The third-order valence-corrected chi connectivity index (χ3v) is 4.21. The summed E-state index contributed by atoms with van der Waals surface area (Å²) in [7, 11) is 0. The first-order chi connectivity index (χ1) is 12.2. The Morgan fingerprint density at radius 3 is 2.84 bits per heavy atom. The van der Waals surface area contributed by atoms with Gasteiger partial charge in [-0.25, -0.2) is 9.07 Å². The number of amides is 1. The van der Waals surface area contributed by atoms with Gasteiger partial charge in [0.25, 0.3) is 5.91 Å². The molecule has 0 aliphatic carbocycles. The van der Waals surface area contributed by atoms with Gasteiger partial charge in [0, 0.05) is 5.56 Å². The van der Waals surface area contributed by atoms with Gasteiger partial charge in [0.2, 0.25) is 0 Å². The lowest BCUT2D eigenvalue weighted by Gasteiger charge is -2.02. The molecule has 1 amide bonds. The summed E-state index contributed by atoms with van der Waals surface area (Å²) in [6, 6.07) is 9.63. The minimum absolute atomic E-state index is 0.0675. The van der Waals surface area contributed by atoms with Crippen molar-refractivity contribution in [1.29, 1.82) is 0 Å². The average Bonchev–Trinajstić information content (AvgIpc) is 3.30. The van der Waals surface area contributed by atoms with Gasteiger partial charge < -0.3 is 10.4 Å². The molecule has 0 aliphatic rings. The molecule has 0 saturated carbocycles. The largest absolute Gasteiger partial charge is 0.393 e. The molecule has 0 saturated heterocycles. The minimum atomic E-state index is -1.45. The van der Waals surface area contributed by atoms with E-state index in [4.69, 9.17) is 5.11 Å². The quantitative estimate of drug-likeness (QED) is 0.651. The maximum atomic E-state index is 13.1. The van der Waals surface area contributed by atoms with E-state index in [1.165, 1.54) is 22.2 Å². The zero-order valence-corrected chi connectivity index (χ0v) is 13.9. The number of aromatic nitrogens is 5. The molecule has 10 heteroatoms. The van der Waals surface area contributed by atoms with Crippen LogP contribution in [-0.4, -0.2) is 49.0 Å². The van der Waals surface area contributed by atoms with Crippen LogP contribution in [0.4, 0.5) is 4.39 Å². The first-order valence-corrected chi connectivity index (χ1v) is 8.28. The van der Waals surface area contributed by atoms with Crippen molar-refractivity contribution >= 4 is 17.2 Å². The highest BCUT2D eigenvalue weighted by atomic mass is 32.1. The standard InChI is InChI=1S/C15H15FN6O2S/c16-11(9-23)7-22-8-12(18-21-22)14(24)17-6-13-19-20-15(25-13)10-4-2-1-3-5-10/h1-5,8,11,23H,6-7,9H2,(H,17,24)/t11-/m0/s1. The topological polar surface area (TPSA) is 106 Å². The fraction of sp³-hybridized carbons (Fsp3) is 0.267. The van der Waals surface area contributed by atoms with Crippen LogP contribution >= 0.6 is 11.3 Å². The molecule has 2 N–H and O–H groups in total. The number of aliphatic hydroxyl groups is 1. The van der Waals surface area contributed by atoms with Gasteiger partial charge in [-0.1, -0.05) is 46.9 Å². The molecule has 0 unspecified atom stereocenters. The van der Waals surface area contributed by atoms with E-state index in [9.17, 15) is 9.18 Å². The number of carbonyl (C=O) groups excluding carboxylic acids is 1. The van der Waals surface area contributed by atoms with Gasteiger partial charge >= 0.3 is 0 Å². The average molecular weight is 362 g/mol. The third kappa shape index (κ3) is 4.43. The number of hydrogen-bond acceptors (Lipinski definition) is 7. The predicted octanol–water partition coefficient (Wildman–Crippen LogP) is 1.06. The van der Waals surface area contributed by atoms with Crippen LogP contribution in [0.15, 0.2) is 36.5 Å². The molecule has 0 fully saturated rings. The van der Waals surface area contributed by atoms with Crippen molar-refractivity contribution in [1.82, 2.24) is 30.5 Å². The van der Waals surface area contributed by atoms with Gasteiger partial charge in [-0.05, 0) is 0 Å². The Balaban J connectivity index is 1.57. The van der Waals surface area contributed by atoms with E-state index in [1.807, 2.05) is 30.3 Å². The van der Waals surface area contributed by atoms with Gasteiger partial charge in [-0.15, -0.1) is 15.3 Å². The maximum absolute atomic E-state index is 13.1. The van der Waals surface area contributed by atoms with Crippen LogP contribution in [0.3, 0.4) is 0 Å². The summed E-state index contributed by atoms with van der Waals surface area (Å²) in [4.78, 5) is 12.0. The Bertz CT molecular complexity index is 837. The van der Waals surface area contributed by atoms with Crippen molar-refractivity contribution in [3.05, 3.63) is 47.2 Å². The first kappa shape index (κ1) is 17.1. The molecule has 0 bridgehead atoms. The summed E-state index contributed by atoms with van der Waals surface area (Å²) in [5.41, 5.74) is 1.03. The third-order valence-electron chi connectivity index (χ3n) is 3.24. The molecule has 3 aromatic rings. The normalized spacial score (nSPS) is 12.1. The SMILES string of the molecule is O=C(NCc1nnc(-c2ccccc2)s1)c1cn(C[C@H](F)CO)nn1. The second-order valence-corrected chi connectivity index (χ2v) is 6.22. The van der Waals surface area contributed by atoms with Crippen molar-refractivity contribution in [2.24, 2.45) is 0 Å². The molecule has 2 aromatic heterocycles. The van der Waals surface area contributed by atoms with Crippen LogP contribution < -0.4 is 5.32 Å². The molecular weight excluding hydrogens is 347 g/mol. The molecule has 25 heavy (non-hydrogen) atoms. The number of alkyl halides is 1. The fourth-order valence-electron chi connectivity index (χ4n) is 2.02. The highest BCUT2D eigenvalue weighted by Crippen LogP contribution is 2.22. The fourth-order valence-corrected chi connectivity index (χ4v) is 2.81. The van der Waals surface area contributed by atoms with Crippen molar-refractivity contribution in [2.45, 2.75) is 19.3 Å². The summed E-state index contributed by atoms with van der Waals surface area (Å²) >= 11 is 1.38. The van der Waals surface area contributed by atoms with Crippen LogP contribution in [0.2, 0.25) is 0 Å². The molecule has 0 radical (unpaired) electrons. The van der Waals surface area contributed by atoms with Crippen molar-refractivity contribution in [3.63, 3.8) is 0 Å². The van der Waals surface area contributed by atoms with Crippen LogP contribution in [0.1, 0.15) is 15.5 Å². The predicted molar refractivity (Wildman–Crippen MR) is 88.5 cm³/mol. The first-order valence-electron chi connectivity index (χ1n) is 7.47. The summed E-state index contributed by atoms with van der Waals surface area (Å²) in [6.07, 6.45) is -0.122. The van der Waals surface area contributed by atoms with Gasteiger partial charge in [-0.3, -0.25) is 4.79 Å². The number of rotatable bonds is 7. The lowest BCUT2D eigenvalue weighted by molar-refractivity contribution is 0.0945. The van der Waals surface area contributed by atoms with Crippen molar-refractivity contribution < 1.29 is 14.3 Å². The van der Waals surface area contributed by atoms with E-state index in [1.54, 1.807) is 0 Å². The Labute approximate surface area is 146 Å². The molecular formula is C15H15FN6O2S. The zero-order chi connectivity index (χ0) is 17.6. The molecule has 0 aliphatic heterocycles. The van der Waals surface area contributed by atoms with Crippen LogP contribution in [0.5, 0.6) is 0 Å². The maximum Gasteiger partial charge on any atom is 0.273 e. The van der Waals surface area contributed by atoms with Crippen LogP contribution in [-0.2, 0) is 13.1 Å².